The molecular weight excluding hydrogens is 961 g/mol. The third-order valence-electron chi connectivity index (χ3n) is 15.2. The first kappa shape index (κ1) is 54.7. The molecule has 1 aliphatic heterocycles. The number of ketones is 2. The van der Waals surface area contributed by atoms with E-state index in [4.69, 9.17) is 28.4 Å². The van der Waals surface area contributed by atoms with Gasteiger partial charge in [-0.25, -0.2) is 9.59 Å². The van der Waals surface area contributed by atoms with Gasteiger partial charge in [0.1, 0.15) is 42.3 Å². The van der Waals surface area contributed by atoms with Crippen LogP contribution in [0.25, 0.3) is 0 Å². The number of fused-ring (bicyclic) bond motifs is 5. The van der Waals surface area contributed by atoms with E-state index in [0.717, 1.165) is 18.7 Å². The molecule has 3 N–H and O–H groups in total. The molecule has 1 heterocycles. The number of hydrogen-bond acceptors (Lipinski definition) is 17. The molecule has 4 aliphatic rings. The number of hydrogen-bond donors (Lipinski definition) is 3. The Balaban J connectivity index is 1.40. The molecule has 19 heteroatoms. The third-order valence-corrected chi connectivity index (χ3v) is 15.2. The van der Waals surface area contributed by atoms with Crippen molar-refractivity contribution in [3.05, 3.63) is 119 Å². The minimum atomic E-state index is -2.51. The molecule has 0 aromatic heterocycles. The van der Waals surface area contributed by atoms with Gasteiger partial charge >= 0.3 is 29.8 Å². The van der Waals surface area contributed by atoms with Gasteiger partial charge < -0.3 is 53.6 Å². The van der Waals surface area contributed by atoms with Gasteiger partial charge in [0.2, 0.25) is 12.0 Å². The molecule has 3 aliphatic carbocycles. The van der Waals surface area contributed by atoms with Crippen molar-refractivity contribution in [3.8, 4) is 0 Å². The summed E-state index contributed by atoms with van der Waals surface area (Å²) in [5.74, 6) is -9.27. The van der Waals surface area contributed by atoms with Crippen molar-refractivity contribution in [3.63, 3.8) is 0 Å². The summed E-state index contributed by atoms with van der Waals surface area (Å²) in [7, 11) is 1.30. The lowest BCUT2D eigenvalue weighted by Gasteiger charge is -2.67. The van der Waals surface area contributed by atoms with E-state index >= 15 is 9.59 Å². The number of nitrogens with zero attached hydrogens (tertiary/aromatic N) is 1. The molecule has 74 heavy (non-hydrogen) atoms. The van der Waals surface area contributed by atoms with Crippen LogP contribution in [0, 0.1) is 16.7 Å². The number of rotatable bonds is 16. The topological polar surface area (TPSA) is 265 Å². The van der Waals surface area contributed by atoms with Crippen LogP contribution < -0.4 is 5.32 Å². The fourth-order valence-electron chi connectivity index (χ4n) is 11.2. The third kappa shape index (κ3) is 10.2. The number of nitrogens with one attached hydrogen (secondary N) is 1. The lowest BCUT2D eigenvalue weighted by molar-refractivity contribution is -0.346. The van der Waals surface area contributed by atoms with Gasteiger partial charge in [-0.3, -0.25) is 28.8 Å². The molecule has 394 valence electrons. The van der Waals surface area contributed by atoms with Crippen molar-refractivity contribution in [1.82, 2.24) is 10.2 Å². The summed E-state index contributed by atoms with van der Waals surface area (Å²) in [5, 5.41) is 29.0. The number of esters is 5. The zero-order valence-electron chi connectivity index (χ0n) is 42.5. The fraction of sp³-hybridized carbons (Fsp3) is 0.473. The average Bonchev–Trinajstić information content (AvgIpc) is 3.35. The van der Waals surface area contributed by atoms with Gasteiger partial charge in [-0.15, -0.1) is 0 Å². The second kappa shape index (κ2) is 21.4. The molecule has 2 amide bonds. The summed E-state index contributed by atoms with van der Waals surface area (Å²) >= 11 is 0. The molecule has 19 nitrogen and oxygen atoms in total. The second-order valence-electron chi connectivity index (χ2n) is 20.3. The summed E-state index contributed by atoms with van der Waals surface area (Å²) in [6, 6.07) is 22.2. The zero-order chi connectivity index (χ0) is 54.1. The Morgan fingerprint density at radius 3 is 1.96 bits per heavy atom. The first-order valence-corrected chi connectivity index (χ1v) is 24.3. The van der Waals surface area contributed by atoms with Crippen LogP contribution in [0.3, 0.4) is 0 Å². The molecule has 1 unspecified atom stereocenters. The van der Waals surface area contributed by atoms with E-state index in [1.165, 1.54) is 65.9 Å². The van der Waals surface area contributed by atoms with Crippen molar-refractivity contribution < 1.29 is 81.8 Å². The highest BCUT2D eigenvalue weighted by atomic mass is 16.6. The standard InChI is InChI=1S/C55H62N2O17/c1-30(58)24-25-40(62)57(8)28-41(63)72-45(43(34-18-12-9-13-19-34)56-49(65)35-20-14-10-15-21-35)51(67)71-37-27-55(68)48(73-50(66)36-22-16-11-17-23-36)46-53(7,38(61)26-39-54(46,29-69-39)74-33(4)60)47(64)44(70-32(3)59)42(31(37)2)52(55,5)6/h9-23,37-39,43-46,48,61,68H,24-29H2,1-8H3,(H,56,65)/t37-,38-,39+,43-,44+,45+,46?,48-,53+,54-,55+/m0/s1. The number of amides is 2. The SMILES string of the molecule is CC(=O)CCC(=O)N(C)CC(=O)O[C@@H](C(=O)O[C@H]1C[C@@]2(O)[C@@H](OC(=O)c3ccccc3)C3[C@](C)(C(=O)[C@H](OC(C)=O)C(=C1C)C2(C)C)[C@@H](O)C[C@H]1OC[C@@]31OC(C)=O)[C@@H](NC(=O)c1ccccc1)c1ccccc1. The minimum absolute atomic E-state index is 0.0205. The minimum Gasteiger partial charge on any atom is -0.455 e. The van der Waals surface area contributed by atoms with Crippen LogP contribution in [0.1, 0.15) is 106 Å². The monoisotopic (exact) mass is 1020 g/mol. The van der Waals surface area contributed by atoms with Gasteiger partial charge in [0.05, 0.1) is 29.6 Å². The van der Waals surface area contributed by atoms with Gasteiger partial charge in [-0.2, -0.15) is 0 Å². The van der Waals surface area contributed by atoms with Crippen LogP contribution in [0.15, 0.2) is 102 Å². The molecule has 0 spiro atoms. The van der Waals surface area contributed by atoms with E-state index in [1.54, 1.807) is 66.7 Å². The van der Waals surface area contributed by atoms with E-state index in [1.807, 2.05) is 0 Å². The molecule has 2 bridgehead atoms. The molecule has 1 saturated heterocycles. The highest BCUT2D eigenvalue weighted by molar-refractivity contribution is 5.97. The number of aliphatic hydroxyl groups is 2. The van der Waals surface area contributed by atoms with Crippen LogP contribution in [-0.4, -0.2) is 136 Å². The molecule has 2 saturated carbocycles. The van der Waals surface area contributed by atoms with E-state index in [-0.39, 0.29) is 59.5 Å². The van der Waals surface area contributed by atoms with Crippen molar-refractivity contribution in [2.24, 2.45) is 16.7 Å². The molecular formula is C55H62N2O17. The van der Waals surface area contributed by atoms with E-state index in [0.29, 0.717) is 0 Å². The largest absolute Gasteiger partial charge is 0.455 e. The maximum atomic E-state index is 15.8. The van der Waals surface area contributed by atoms with Gasteiger partial charge in [0.15, 0.2) is 17.5 Å². The maximum Gasteiger partial charge on any atom is 0.350 e. The van der Waals surface area contributed by atoms with Crippen molar-refractivity contribution >= 4 is 53.2 Å². The first-order valence-electron chi connectivity index (χ1n) is 24.3. The average molecular weight is 1020 g/mol. The summed E-state index contributed by atoms with van der Waals surface area (Å²) in [5.41, 5.74) is -7.81. The molecule has 3 aromatic rings. The Morgan fingerprint density at radius 1 is 0.811 bits per heavy atom. The number of carbonyl (C=O) groups is 9. The van der Waals surface area contributed by atoms with E-state index in [2.05, 4.69) is 5.32 Å². The smallest absolute Gasteiger partial charge is 0.350 e. The van der Waals surface area contributed by atoms with Crippen LogP contribution in [-0.2, 0) is 62.0 Å². The normalized spacial score (nSPS) is 28.4. The summed E-state index contributed by atoms with van der Waals surface area (Å²) in [4.78, 5) is 126. The second-order valence-corrected chi connectivity index (χ2v) is 20.3. The van der Waals surface area contributed by atoms with E-state index in [9.17, 15) is 43.8 Å². The van der Waals surface area contributed by atoms with E-state index < -0.39 is 131 Å². The van der Waals surface area contributed by atoms with Crippen molar-refractivity contribution in [2.45, 2.75) is 128 Å². The Morgan fingerprint density at radius 2 is 1.41 bits per heavy atom. The molecule has 3 fully saturated rings. The Hall–Kier alpha value is -7.09. The Kier molecular flexibility index (Phi) is 15.8. The number of ether oxygens (including phenoxy) is 6. The van der Waals surface area contributed by atoms with Crippen molar-refractivity contribution in [1.29, 1.82) is 0 Å². The number of benzene rings is 3. The number of carbonyl (C=O) groups excluding carboxylic acids is 9. The first-order chi connectivity index (χ1) is 34.9. The lowest BCUT2D eigenvalue weighted by Crippen LogP contribution is -2.82. The van der Waals surface area contributed by atoms with Gasteiger partial charge in [0.25, 0.3) is 5.91 Å². The van der Waals surface area contributed by atoms with Crippen LogP contribution in [0.2, 0.25) is 0 Å². The van der Waals surface area contributed by atoms with Crippen LogP contribution >= 0.6 is 0 Å². The number of likely N-dealkylation sites (N-methyl/N-ethyl adjacent to an activating group) is 1. The lowest BCUT2D eigenvalue weighted by atomic mass is 9.44. The molecule has 7 rings (SSSR count). The van der Waals surface area contributed by atoms with Gasteiger partial charge in [-0.05, 0) is 61.7 Å². The van der Waals surface area contributed by atoms with Crippen LogP contribution in [0.5, 0.6) is 0 Å². The number of Topliss-reactive ketones (excluding diaryl/α,β-unsaturated/α-hetero) is 2. The summed E-state index contributed by atoms with van der Waals surface area (Å²) < 4.78 is 36.7. The fourth-order valence-corrected chi connectivity index (χ4v) is 11.2. The molecule has 0 radical (unpaired) electrons. The predicted octanol–water partition coefficient (Wildman–Crippen LogP) is 4.11. The summed E-state index contributed by atoms with van der Waals surface area (Å²) in [6.45, 7) is 8.31. The maximum absolute atomic E-state index is 15.8. The van der Waals surface area contributed by atoms with Gasteiger partial charge in [-0.1, -0.05) is 80.6 Å². The van der Waals surface area contributed by atoms with Crippen LogP contribution in [0.4, 0.5) is 0 Å². The predicted molar refractivity (Wildman–Crippen MR) is 259 cm³/mol. The quantitative estimate of drug-likeness (QED) is 0.104. The molecule has 3 aromatic carbocycles. The zero-order valence-corrected chi connectivity index (χ0v) is 42.5. The Bertz CT molecular complexity index is 2730. The van der Waals surface area contributed by atoms with Gasteiger partial charge in [0, 0.05) is 57.6 Å². The van der Waals surface area contributed by atoms with Crippen molar-refractivity contribution in [2.75, 3.05) is 20.2 Å². The molecule has 11 atom stereocenters. The highest BCUT2D eigenvalue weighted by Crippen LogP contribution is 2.64. The summed E-state index contributed by atoms with van der Waals surface area (Å²) in [6.07, 6.45) is -11.5. The Labute approximate surface area is 427 Å². The number of aliphatic hydroxyl groups excluding tert-OH is 1. The highest BCUT2D eigenvalue weighted by Gasteiger charge is 2.78.